The van der Waals surface area contributed by atoms with Crippen molar-refractivity contribution in [2.24, 2.45) is 5.92 Å². The van der Waals surface area contributed by atoms with Gasteiger partial charge in [-0.05, 0) is 62.5 Å². The summed E-state index contributed by atoms with van der Waals surface area (Å²) in [5, 5.41) is 3.82. The fraction of sp³-hybridized carbons (Fsp3) is 0.538. The molecular formula is C13H19ClN2O2S. The predicted octanol–water partition coefficient (Wildman–Crippen LogP) is 1.93. The van der Waals surface area contributed by atoms with Crippen LogP contribution in [0.2, 0.25) is 5.02 Å². The Balaban J connectivity index is 2.05. The van der Waals surface area contributed by atoms with E-state index >= 15 is 0 Å². The molecule has 1 saturated heterocycles. The number of rotatable bonds is 4. The SMILES string of the molecule is Cc1cc(Cl)ccc1S(=O)(=O)NCC1CCNCC1. The fourth-order valence-corrected chi connectivity index (χ4v) is 3.87. The van der Waals surface area contributed by atoms with Gasteiger partial charge in [0.2, 0.25) is 10.0 Å². The second-order valence-electron chi connectivity index (χ2n) is 4.96. The Morgan fingerprint density at radius 1 is 1.37 bits per heavy atom. The Morgan fingerprint density at radius 3 is 2.68 bits per heavy atom. The highest BCUT2D eigenvalue weighted by Crippen LogP contribution is 2.20. The molecule has 1 fully saturated rings. The number of halogens is 1. The summed E-state index contributed by atoms with van der Waals surface area (Å²) >= 11 is 5.84. The van der Waals surface area contributed by atoms with Crippen molar-refractivity contribution < 1.29 is 8.42 Å². The highest BCUT2D eigenvalue weighted by atomic mass is 35.5. The Hall–Kier alpha value is -0.620. The quantitative estimate of drug-likeness (QED) is 0.893. The van der Waals surface area contributed by atoms with Crippen LogP contribution < -0.4 is 10.0 Å². The molecule has 106 valence electrons. The first-order valence-corrected chi connectivity index (χ1v) is 8.32. The van der Waals surface area contributed by atoms with Crippen LogP contribution in [0.15, 0.2) is 23.1 Å². The van der Waals surface area contributed by atoms with Crippen LogP contribution in [0.1, 0.15) is 18.4 Å². The maximum absolute atomic E-state index is 12.2. The lowest BCUT2D eigenvalue weighted by atomic mass is 9.99. The summed E-state index contributed by atoms with van der Waals surface area (Å²) in [6.45, 7) is 4.19. The molecule has 0 aliphatic carbocycles. The van der Waals surface area contributed by atoms with Crippen molar-refractivity contribution >= 4 is 21.6 Å². The number of hydrogen-bond acceptors (Lipinski definition) is 3. The van der Waals surface area contributed by atoms with Crippen molar-refractivity contribution in [2.45, 2.75) is 24.7 Å². The zero-order valence-corrected chi connectivity index (χ0v) is 12.5. The molecule has 1 aromatic carbocycles. The molecule has 6 heteroatoms. The summed E-state index contributed by atoms with van der Waals surface area (Å²) in [6, 6.07) is 4.83. The summed E-state index contributed by atoms with van der Waals surface area (Å²) in [7, 11) is -3.44. The Morgan fingerprint density at radius 2 is 2.05 bits per heavy atom. The molecule has 19 heavy (non-hydrogen) atoms. The lowest BCUT2D eigenvalue weighted by molar-refractivity contribution is 0.372. The summed E-state index contributed by atoms with van der Waals surface area (Å²) < 4.78 is 27.2. The molecule has 4 nitrogen and oxygen atoms in total. The Kier molecular flexibility index (Phi) is 4.84. The number of piperidine rings is 1. The zero-order valence-electron chi connectivity index (χ0n) is 10.9. The van der Waals surface area contributed by atoms with E-state index in [1.54, 1.807) is 25.1 Å². The van der Waals surface area contributed by atoms with Crippen LogP contribution >= 0.6 is 11.6 Å². The average molecular weight is 303 g/mol. The predicted molar refractivity (Wildman–Crippen MR) is 77.0 cm³/mol. The van der Waals surface area contributed by atoms with E-state index in [1.165, 1.54) is 0 Å². The lowest BCUT2D eigenvalue weighted by Crippen LogP contribution is -2.36. The molecule has 1 heterocycles. The van der Waals surface area contributed by atoms with Crippen LogP contribution in [0, 0.1) is 12.8 Å². The van der Waals surface area contributed by atoms with Gasteiger partial charge in [-0.3, -0.25) is 0 Å². The van der Waals surface area contributed by atoms with Crippen LogP contribution in [0.5, 0.6) is 0 Å². The van der Waals surface area contributed by atoms with E-state index in [2.05, 4.69) is 10.0 Å². The third-order valence-corrected chi connectivity index (χ3v) is 5.27. The van der Waals surface area contributed by atoms with E-state index < -0.39 is 10.0 Å². The first-order chi connectivity index (χ1) is 8.99. The summed E-state index contributed by atoms with van der Waals surface area (Å²) in [6.07, 6.45) is 2.03. The number of nitrogens with one attached hydrogen (secondary N) is 2. The molecule has 1 aliphatic heterocycles. The van der Waals surface area contributed by atoms with Gasteiger partial charge in [0.25, 0.3) is 0 Å². The van der Waals surface area contributed by atoms with Gasteiger partial charge in [0.1, 0.15) is 0 Å². The third-order valence-electron chi connectivity index (χ3n) is 3.45. The van der Waals surface area contributed by atoms with Crippen molar-refractivity contribution in [3.05, 3.63) is 28.8 Å². The highest BCUT2D eigenvalue weighted by molar-refractivity contribution is 7.89. The van der Waals surface area contributed by atoms with E-state index in [4.69, 9.17) is 11.6 Å². The number of benzene rings is 1. The van der Waals surface area contributed by atoms with E-state index in [0.29, 0.717) is 27.9 Å². The van der Waals surface area contributed by atoms with Gasteiger partial charge in [-0.15, -0.1) is 0 Å². The van der Waals surface area contributed by atoms with Crippen molar-refractivity contribution in [3.8, 4) is 0 Å². The second-order valence-corrected chi connectivity index (χ2v) is 7.13. The monoisotopic (exact) mass is 302 g/mol. The molecule has 0 radical (unpaired) electrons. The first kappa shape index (κ1) is 14.8. The molecule has 0 spiro atoms. The molecule has 0 aromatic heterocycles. The fourth-order valence-electron chi connectivity index (χ4n) is 2.31. The largest absolute Gasteiger partial charge is 0.317 e. The second kappa shape index (κ2) is 6.22. The van der Waals surface area contributed by atoms with E-state index in [-0.39, 0.29) is 0 Å². The summed E-state index contributed by atoms with van der Waals surface area (Å²) in [5.74, 6) is 0.420. The molecule has 0 saturated carbocycles. The van der Waals surface area contributed by atoms with Crippen LogP contribution in [0.4, 0.5) is 0 Å². The minimum absolute atomic E-state index is 0.311. The number of sulfonamides is 1. The van der Waals surface area contributed by atoms with Gasteiger partial charge in [-0.25, -0.2) is 13.1 Å². The highest BCUT2D eigenvalue weighted by Gasteiger charge is 2.20. The normalized spacial score (nSPS) is 17.6. The van der Waals surface area contributed by atoms with Gasteiger partial charge in [-0.2, -0.15) is 0 Å². The molecule has 1 aliphatic rings. The first-order valence-electron chi connectivity index (χ1n) is 6.45. The topological polar surface area (TPSA) is 58.2 Å². The molecule has 0 atom stereocenters. The minimum atomic E-state index is -3.44. The maximum atomic E-state index is 12.2. The Labute approximate surface area is 119 Å². The van der Waals surface area contributed by atoms with Crippen LogP contribution in [0.3, 0.4) is 0 Å². The standard InChI is InChI=1S/C13H19ClN2O2S/c1-10-8-12(14)2-3-13(10)19(17,18)16-9-11-4-6-15-7-5-11/h2-3,8,11,15-16H,4-7,9H2,1H3. The third kappa shape index (κ3) is 3.92. The number of aryl methyl sites for hydroxylation is 1. The average Bonchev–Trinajstić information content (AvgIpc) is 2.37. The molecule has 0 amide bonds. The molecular weight excluding hydrogens is 284 g/mol. The molecule has 0 bridgehead atoms. The Bertz CT molecular complexity index is 540. The molecule has 2 N–H and O–H groups in total. The number of hydrogen-bond donors (Lipinski definition) is 2. The molecule has 1 aromatic rings. The van der Waals surface area contributed by atoms with E-state index in [0.717, 1.165) is 25.9 Å². The molecule has 2 rings (SSSR count). The van der Waals surface area contributed by atoms with Crippen molar-refractivity contribution in [2.75, 3.05) is 19.6 Å². The summed E-state index contributed by atoms with van der Waals surface area (Å²) in [4.78, 5) is 0.311. The van der Waals surface area contributed by atoms with Crippen LogP contribution in [-0.2, 0) is 10.0 Å². The zero-order chi connectivity index (χ0) is 13.9. The summed E-state index contributed by atoms with van der Waals surface area (Å²) in [5.41, 5.74) is 0.672. The van der Waals surface area contributed by atoms with Gasteiger partial charge in [0.15, 0.2) is 0 Å². The van der Waals surface area contributed by atoms with Gasteiger partial charge in [0, 0.05) is 11.6 Å². The maximum Gasteiger partial charge on any atom is 0.240 e. The van der Waals surface area contributed by atoms with Crippen LogP contribution in [-0.4, -0.2) is 28.1 Å². The lowest BCUT2D eigenvalue weighted by Gasteiger charge is -2.22. The van der Waals surface area contributed by atoms with Gasteiger partial charge in [0.05, 0.1) is 4.90 Å². The van der Waals surface area contributed by atoms with Crippen LogP contribution in [0.25, 0.3) is 0 Å². The van der Waals surface area contributed by atoms with Crippen molar-refractivity contribution in [1.29, 1.82) is 0 Å². The van der Waals surface area contributed by atoms with Crippen molar-refractivity contribution in [3.63, 3.8) is 0 Å². The van der Waals surface area contributed by atoms with Crippen molar-refractivity contribution in [1.82, 2.24) is 10.0 Å². The molecule has 0 unspecified atom stereocenters. The van der Waals surface area contributed by atoms with E-state index in [9.17, 15) is 8.42 Å². The van der Waals surface area contributed by atoms with E-state index in [1.807, 2.05) is 0 Å². The van der Waals surface area contributed by atoms with Gasteiger partial charge >= 0.3 is 0 Å². The smallest absolute Gasteiger partial charge is 0.240 e. The minimum Gasteiger partial charge on any atom is -0.317 e. The van der Waals surface area contributed by atoms with Gasteiger partial charge < -0.3 is 5.32 Å². The van der Waals surface area contributed by atoms with Gasteiger partial charge in [-0.1, -0.05) is 11.6 Å².